The third-order valence-corrected chi connectivity index (χ3v) is 23.6. The molecule has 0 saturated heterocycles. The van der Waals surface area contributed by atoms with Crippen LogP contribution in [-0.4, -0.2) is 92.1 Å². The normalized spacial score (nSPS) is 11.7. The number of hydrogen-bond acceptors (Lipinski definition) is 8. The van der Waals surface area contributed by atoms with Crippen molar-refractivity contribution in [3.63, 3.8) is 0 Å². The van der Waals surface area contributed by atoms with Gasteiger partial charge in [-0.2, -0.15) is 0 Å². The molecule has 0 heterocycles. The number of nitrogens with one attached hydrogen (secondary N) is 4. The third-order valence-electron chi connectivity index (χ3n) is 23.6. The fourth-order valence-electron chi connectivity index (χ4n) is 15.2. The molecule has 0 aliphatic carbocycles. The van der Waals surface area contributed by atoms with Gasteiger partial charge in [0.05, 0.1) is 0 Å². The van der Waals surface area contributed by atoms with Crippen LogP contribution < -0.4 is 21.3 Å². The Kier molecular flexibility index (Phi) is 130. The lowest BCUT2D eigenvalue weighted by Crippen LogP contribution is -2.44. The molecule has 0 rings (SSSR count). The van der Waals surface area contributed by atoms with Crippen molar-refractivity contribution >= 4 is 47.5 Å². The van der Waals surface area contributed by atoms with E-state index in [1.54, 1.807) is 13.8 Å². The first-order valence-corrected chi connectivity index (χ1v) is 56.1. The minimum absolute atomic E-state index is 0.0875. The Labute approximate surface area is 803 Å². The molecule has 0 radical (unpaired) electrons. The predicted octanol–water partition coefficient (Wildman–Crippen LogP) is 35.1. The number of rotatable bonds is 85. The van der Waals surface area contributed by atoms with E-state index in [1.807, 2.05) is 41.5 Å². The van der Waals surface area contributed by atoms with Gasteiger partial charge in [-0.3, -0.25) is 19.2 Å². The summed E-state index contributed by atoms with van der Waals surface area (Å²) >= 11 is 0. The number of carbonyl (C=O) groups excluding carboxylic acids is 4. The number of carboxylic acids is 4. The van der Waals surface area contributed by atoms with Gasteiger partial charge in [0.25, 0.3) is 0 Å². The van der Waals surface area contributed by atoms with Crippen molar-refractivity contribution in [1.29, 1.82) is 0 Å². The smallest absolute Gasteiger partial charge is 0.326 e. The van der Waals surface area contributed by atoms with Gasteiger partial charge in [0.1, 0.15) is 24.2 Å². The molecule has 0 aromatic carbocycles. The highest BCUT2D eigenvalue weighted by atomic mass is 16.4. The number of aliphatic carboxylic acids is 4. The largest absolute Gasteiger partial charge is 0.480 e. The van der Waals surface area contributed by atoms with Crippen molar-refractivity contribution in [3.05, 3.63) is 0 Å². The lowest BCUT2D eigenvalue weighted by molar-refractivity contribution is -0.143. The van der Waals surface area contributed by atoms with Crippen LogP contribution in [0.5, 0.6) is 0 Å². The van der Waals surface area contributed by atoms with E-state index in [2.05, 4.69) is 104 Å². The quantitative estimate of drug-likeness (QED) is 0.0264. The predicted molar refractivity (Wildman–Crippen MR) is 561 cm³/mol. The maximum atomic E-state index is 11.7. The Bertz CT molecular complexity index is 2140. The summed E-state index contributed by atoms with van der Waals surface area (Å²) in [6, 6.07) is -3.00. The van der Waals surface area contributed by atoms with Gasteiger partial charge in [0, 0.05) is 25.7 Å². The molecule has 0 aliphatic rings. The SMILES string of the molecule is CCCCCCCC(=O)NC(CC(C)C)C(=O)O.CCCCCCCCCC(=O)NC(C(=O)O)C(C)C.CCCCCCCCCC(=O)NC(CC(C)C)C(=O)O.CCCCCCCCCC(=O)NC(CC(C)C)C(=O)O.CCCCCCCCCCCC.CCCCCCCCCCCCC.CCCCCCCCCCCCC.CCCCCCCCCCCCCC. The molecule has 4 atom stereocenters. The standard InChI is InChI=1S/2C16H31NO3.C15H29NO3.C14H27NO3.C14H30.2C13H28.C12H26/c2*1-4-5-6-7-8-9-10-11-15(18)17-14(16(19)20)12-13(2)3;1-4-5-6-7-8-9-10-11-13(17)16-14(12(2)3)15(18)19;1-4-5-6-7-8-9-13(16)15-12(14(17)18)10-11(2)3;1-3-5-7-9-11-13-14-12-10-8-6-4-2;2*1-3-5-7-9-11-13-12-10-8-6-4-2;1-3-5-7-9-11-12-10-8-6-4-2/h2*13-14H,4-12H2,1-3H3,(H,17,18)(H,19,20);12,14H,4-11H2,1-3H3,(H,16,17)(H,18,19);11-12H,4-10H2,1-3H3,(H,15,16)(H,17,18);3-14H2,1-2H3;2*3-13H2,1-2H3;3-12H2,1-2H3. The van der Waals surface area contributed by atoms with Crippen LogP contribution in [0.1, 0.15) is 633 Å². The Morgan fingerprint density at radius 1 is 0.171 bits per heavy atom. The van der Waals surface area contributed by atoms with E-state index >= 15 is 0 Å². The second-order valence-electron chi connectivity index (χ2n) is 39.4. The summed E-state index contributed by atoms with van der Waals surface area (Å²) in [5.41, 5.74) is 0. The summed E-state index contributed by atoms with van der Waals surface area (Å²) in [5, 5.41) is 46.5. The number of hydrogen-bond donors (Lipinski definition) is 8. The van der Waals surface area contributed by atoms with Crippen LogP contribution in [-0.2, 0) is 38.4 Å². The van der Waals surface area contributed by atoms with E-state index in [1.165, 1.54) is 392 Å². The summed E-state index contributed by atoms with van der Waals surface area (Å²) in [7, 11) is 0. The van der Waals surface area contributed by atoms with Gasteiger partial charge in [-0.05, 0) is 68.6 Å². The van der Waals surface area contributed by atoms with Crippen molar-refractivity contribution in [1.82, 2.24) is 21.3 Å². The van der Waals surface area contributed by atoms with Crippen LogP contribution in [0.2, 0.25) is 0 Å². The van der Waals surface area contributed by atoms with E-state index < -0.39 is 48.0 Å². The summed E-state index contributed by atoms with van der Waals surface area (Å²) in [6.45, 7) is 42.3. The van der Waals surface area contributed by atoms with Gasteiger partial charge in [-0.15, -0.1) is 0 Å². The fourth-order valence-corrected chi connectivity index (χ4v) is 15.2. The zero-order valence-corrected chi connectivity index (χ0v) is 90.1. The van der Waals surface area contributed by atoms with E-state index in [9.17, 15) is 38.4 Å². The van der Waals surface area contributed by atoms with Crippen molar-refractivity contribution in [2.24, 2.45) is 23.7 Å². The summed E-state index contributed by atoms with van der Waals surface area (Å²) < 4.78 is 0. The molecule has 16 nitrogen and oxygen atoms in total. The number of carbonyl (C=O) groups is 8. The highest BCUT2D eigenvalue weighted by Crippen LogP contribution is 2.19. The maximum absolute atomic E-state index is 11.7. The first kappa shape index (κ1) is 140. The first-order chi connectivity index (χ1) is 62.0. The summed E-state index contributed by atoms with van der Waals surface area (Å²) in [4.78, 5) is 90.6. The molecule has 16 heteroatoms. The number of unbranched alkanes of at least 4 members (excludes halogenated alkanes) is 62. The topological polar surface area (TPSA) is 266 Å². The Morgan fingerprint density at radius 2 is 0.287 bits per heavy atom. The molecule has 0 aliphatic heterocycles. The van der Waals surface area contributed by atoms with Crippen LogP contribution in [0, 0.1) is 23.7 Å². The summed E-state index contributed by atoms with van der Waals surface area (Å²) in [6.07, 6.45) is 96.7. The highest BCUT2D eigenvalue weighted by molar-refractivity contribution is 5.85. The van der Waals surface area contributed by atoms with Gasteiger partial charge in [0.2, 0.25) is 23.6 Å². The zero-order chi connectivity index (χ0) is 98.5. The fraction of sp³-hybridized carbons (Fsp3) is 0.929. The molecule has 0 aromatic rings. The molecular weight excluding hydrogens is 1610 g/mol. The van der Waals surface area contributed by atoms with E-state index in [0.29, 0.717) is 44.9 Å². The van der Waals surface area contributed by atoms with Crippen molar-refractivity contribution in [2.75, 3.05) is 0 Å². The van der Waals surface area contributed by atoms with Crippen LogP contribution >= 0.6 is 0 Å². The molecular formula is C113H230N4O12. The van der Waals surface area contributed by atoms with E-state index in [-0.39, 0.29) is 47.3 Å². The lowest BCUT2D eigenvalue weighted by atomic mass is 10.0. The van der Waals surface area contributed by atoms with Gasteiger partial charge < -0.3 is 41.7 Å². The molecule has 0 bridgehead atoms. The zero-order valence-electron chi connectivity index (χ0n) is 90.1. The Balaban J connectivity index is -0.000000218. The van der Waals surface area contributed by atoms with Gasteiger partial charge in [-0.25, -0.2) is 19.2 Å². The van der Waals surface area contributed by atoms with Crippen LogP contribution in [0.4, 0.5) is 0 Å². The highest BCUT2D eigenvalue weighted by Gasteiger charge is 2.25. The molecule has 129 heavy (non-hydrogen) atoms. The van der Waals surface area contributed by atoms with Gasteiger partial charge in [0.15, 0.2) is 0 Å². The average molecular weight is 1840 g/mol. The molecule has 0 fully saturated rings. The number of carboxylic acid groups (broad SMARTS) is 4. The van der Waals surface area contributed by atoms with E-state index in [0.717, 1.165) is 57.8 Å². The van der Waals surface area contributed by atoms with Crippen molar-refractivity contribution in [3.8, 4) is 0 Å². The lowest BCUT2D eigenvalue weighted by Gasteiger charge is -2.17. The van der Waals surface area contributed by atoms with Crippen molar-refractivity contribution < 1.29 is 58.8 Å². The molecule has 8 N–H and O–H groups in total. The van der Waals surface area contributed by atoms with Gasteiger partial charge >= 0.3 is 23.9 Å². The van der Waals surface area contributed by atoms with Crippen molar-refractivity contribution in [2.45, 2.75) is 657 Å². The molecule has 0 aromatic heterocycles. The van der Waals surface area contributed by atoms with Crippen LogP contribution in [0.15, 0.2) is 0 Å². The molecule has 774 valence electrons. The van der Waals surface area contributed by atoms with Crippen LogP contribution in [0.3, 0.4) is 0 Å². The third kappa shape index (κ3) is 132. The molecule has 0 spiro atoms. The molecule has 0 saturated carbocycles. The second-order valence-corrected chi connectivity index (χ2v) is 39.4. The molecule has 4 unspecified atom stereocenters. The summed E-state index contributed by atoms with van der Waals surface area (Å²) in [5.74, 6) is -3.63. The monoisotopic (exact) mass is 1840 g/mol. The van der Waals surface area contributed by atoms with Crippen LogP contribution in [0.25, 0.3) is 0 Å². The minimum Gasteiger partial charge on any atom is -0.480 e. The average Bonchev–Trinajstić information content (AvgIpc) is 0.959. The Hall–Kier alpha value is -4.24. The molecule has 4 amide bonds. The maximum Gasteiger partial charge on any atom is 0.326 e. The second kappa shape index (κ2) is 120. The first-order valence-electron chi connectivity index (χ1n) is 56.1. The van der Waals surface area contributed by atoms with Gasteiger partial charge in [-0.1, -0.05) is 562 Å². The van der Waals surface area contributed by atoms with E-state index in [4.69, 9.17) is 20.4 Å². The Morgan fingerprint density at radius 3 is 0.388 bits per heavy atom. The number of amides is 4. The minimum atomic E-state index is -0.956.